The summed E-state index contributed by atoms with van der Waals surface area (Å²) in [6.45, 7) is 5.12. The Balaban J connectivity index is 2.11. The Morgan fingerprint density at radius 3 is 2.62 bits per heavy atom. The van der Waals surface area contributed by atoms with Crippen molar-refractivity contribution in [3.8, 4) is 5.75 Å². The Labute approximate surface area is 171 Å². The Morgan fingerprint density at radius 2 is 2.00 bits per heavy atom. The van der Waals surface area contributed by atoms with Gasteiger partial charge in [-0.2, -0.15) is 0 Å². The second-order valence-corrected chi connectivity index (χ2v) is 7.55. The first-order valence-electron chi connectivity index (χ1n) is 9.06. The van der Waals surface area contributed by atoms with E-state index in [2.05, 4.69) is 10.3 Å². The molecule has 9 heteroatoms. The average molecular weight is 414 g/mol. The van der Waals surface area contributed by atoms with E-state index >= 15 is 0 Å². The van der Waals surface area contributed by atoms with E-state index in [1.807, 2.05) is 0 Å². The summed E-state index contributed by atoms with van der Waals surface area (Å²) in [6, 6.07) is 6.27. The van der Waals surface area contributed by atoms with E-state index < -0.39 is 11.9 Å². The Kier molecular flexibility index (Phi) is 5.69. The maximum absolute atomic E-state index is 13.1. The number of rotatable bonds is 6. The molecule has 1 unspecified atom stereocenters. The number of anilines is 1. The third-order valence-corrected chi connectivity index (χ3v) is 5.95. The molecule has 2 amide bonds. The van der Waals surface area contributed by atoms with Gasteiger partial charge in [0.15, 0.2) is 0 Å². The highest BCUT2D eigenvalue weighted by atomic mass is 32.1. The topological polar surface area (TPSA) is 116 Å². The van der Waals surface area contributed by atoms with Crippen LogP contribution in [-0.4, -0.2) is 28.5 Å². The lowest BCUT2D eigenvalue weighted by Gasteiger charge is -2.17. The van der Waals surface area contributed by atoms with Crippen LogP contribution in [0.2, 0.25) is 0 Å². The molecule has 0 bridgehead atoms. The van der Waals surface area contributed by atoms with Gasteiger partial charge < -0.3 is 15.8 Å². The quantitative estimate of drug-likeness (QED) is 0.643. The first-order chi connectivity index (χ1) is 13.8. The van der Waals surface area contributed by atoms with E-state index in [0.29, 0.717) is 44.3 Å². The van der Waals surface area contributed by atoms with Crippen molar-refractivity contribution in [2.45, 2.75) is 33.2 Å². The zero-order valence-electron chi connectivity index (χ0n) is 16.6. The molecule has 8 nitrogen and oxygen atoms in total. The van der Waals surface area contributed by atoms with E-state index in [-0.39, 0.29) is 11.5 Å². The van der Waals surface area contributed by atoms with Crippen molar-refractivity contribution >= 4 is 39.1 Å². The van der Waals surface area contributed by atoms with Crippen LogP contribution in [0.25, 0.3) is 10.2 Å². The van der Waals surface area contributed by atoms with Crippen LogP contribution in [0.15, 0.2) is 29.1 Å². The lowest BCUT2D eigenvalue weighted by Crippen LogP contribution is -2.35. The number of ether oxygens (including phenoxy) is 1. The fraction of sp³-hybridized carbons (Fsp3) is 0.300. The van der Waals surface area contributed by atoms with Crippen molar-refractivity contribution in [3.63, 3.8) is 0 Å². The summed E-state index contributed by atoms with van der Waals surface area (Å²) in [7, 11) is 1.52. The minimum Gasteiger partial charge on any atom is -0.495 e. The number of nitrogens with zero attached hydrogens (tertiary/aromatic N) is 2. The lowest BCUT2D eigenvalue weighted by molar-refractivity contribution is -0.121. The van der Waals surface area contributed by atoms with Crippen LogP contribution in [-0.2, 0) is 4.79 Å². The molecule has 2 heterocycles. The third-order valence-electron chi connectivity index (χ3n) is 4.76. The maximum atomic E-state index is 13.1. The van der Waals surface area contributed by atoms with Gasteiger partial charge in [-0.1, -0.05) is 19.1 Å². The second kappa shape index (κ2) is 8.04. The van der Waals surface area contributed by atoms with E-state index in [1.54, 1.807) is 45.0 Å². The summed E-state index contributed by atoms with van der Waals surface area (Å²) >= 11 is 1.14. The molecule has 2 aromatic heterocycles. The minimum atomic E-state index is -0.787. The summed E-state index contributed by atoms with van der Waals surface area (Å²) in [6.07, 6.45) is 0.369. The molecular weight excluding hydrogens is 392 g/mol. The van der Waals surface area contributed by atoms with Crippen LogP contribution in [0, 0.1) is 13.8 Å². The van der Waals surface area contributed by atoms with Crippen LogP contribution in [0.5, 0.6) is 5.75 Å². The number of carbonyl (C=O) groups excluding carboxylic acids is 2. The largest absolute Gasteiger partial charge is 0.495 e. The lowest BCUT2D eigenvalue weighted by atomic mass is 10.1. The fourth-order valence-corrected chi connectivity index (χ4v) is 4.43. The van der Waals surface area contributed by atoms with Gasteiger partial charge in [0.05, 0.1) is 23.1 Å². The molecule has 0 saturated carbocycles. The predicted molar refractivity (Wildman–Crippen MR) is 113 cm³/mol. The predicted octanol–water partition coefficient (Wildman–Crippen LogP) is 2.77. The smallest absolute Gasteiger partial charge is 0.266 e. The van der Waals surface area contributed by atoms with Gasteiger partial charge >= 0.3 is 0 Å². The van der Waals surface area contributed by atoms with Crippen LogP contribution < -0.4 is 21.3 Å². The normalized spacial score (nSPS) is 12.0. The van der Waals surface area contributed by atoms with Gasteiger partial charge in [0.1, 0.15) is 22.4 Å². The van der Waals surface area contributed by atoms with Crippen molar-refractivity contribution in [2.75, 3.05) is 12.4 Å². The number of hydrogen-bond acceptors (Lipinski definition) is 6. The van der Waals surface area contributed by atoms with Crippen molar-refractivity contribution < 1.29 is 14.3 Å². The van der Waals surface area contributed by atoms with E-state index in [1.165, 1.54) is 11.7 Å². The summed E-state index contributed by atoms with van der Waals surface area (Å²) in [5.74, 6) is -0.0457. The molecule has 3 aromatic rings. The van der Waals surface area contributed by atoms with Gasteiger partial charge in [-0.3, -0.25) is 19.0 Å². The summed E-state index contributed by atoms with van der Waals surface area (Å²) in [4.78, 5) is 43.1. The molecule has 0 radical (unpaired) electrons. The van der Waals surface area contributed by atoms with Crippen molar-refractivity contribution in [2.24, 2.45) is 5.73 Å². The number of thiophene rings is 1. The van der Waals surface area contributed by atoms with E-state index in [9.17, 15) is 14.4 Å². The number of carbonyl (C=O) groups is 2. The number of aromatic nitrogens is 2. The molecule has 29 heavy (non-hydrogen) atoms. The summed E-state index contributed by atoms with van der Waals surface area (Å²) in [5, 5.41) is 3.14. The van der Waals surface area contributed by atoms with Crippen molar-refractivity contribution in [3.05, 3.63) is 50.9 Å². The molecular formula is C20H22N4O4S. The van der Waals surface area contributed by atoms with Crippen LogP contribution in [0.4, 0.5) is 5.69 Å². The summed E-state index contributed by atoms with van der Waals surface area (Å²) < 4.78 is 6.57. The first kappa shape index (κ1) is 20.5. The van der Waals surface area contributed by atoms with Crippen molar-refractivity contribution in [1.82, 2.24) is 9.55 Å². The van der Waals surface area contributed by atoms with E-state index in [0.717, 1.165) is 11.3 Å². The maximum Gasteiger partial charge on any atom is 0.266 e. The molecule has 0 aliphatic heterocycles. The standard InChI is InChI=1S/C20H22N4O4S/c1-5-13(17(21)25)24-11(3)22-19-15(20(24)27)10(2)16(29-19)18(26)23-12-8-6-7-9-14(12)28-4/h6-9,13H,5H2,1-4H3,(H2,21,25)(H,23,26). The number of hydrogen-bond donors (Lipinski definition) is 2. The number of aryl methyl sites for hydroxylation is 2. The third kappa shape index (κ3) is 3.61. The molecule has 1 aromatic carbocycles. The monoisotopic (exact) mass is 414 g/mol. The Bertz CT molecular complexity index is 1170. The molecule has 3 rings (SSSR count). The summed E-state index contributed by atoms with van der Waals surface area (Å²) in [5.41, 5.74) is 6.14. The number of fused-ring (bicyclic) bond motifs is 1. The molecule has 152 valence electrons. The minimum absolute atomic E-state index is 0.325. The SMILES string of the molecule is CCC(C(N)=O)n1c(C)nc2sc(C(=O)Nc3ccccc3OC)c(C)c2c1=O. The molecule has 0 saturated heterocycles. The Morgan fingerprint density at radius 1 is 1.31 bits per heavy atom. The fourth-order valence-electron chi connectivity index (χ4n) is 3.32. The number of nitrogens with two attached hydrogens (primary N) is 1. The van der Waals surface area contributed by atoms with E-state index in [4.69, 9.17) is 10.5 Å². The zero-order valence-corrected chi connectivity index (χ0v) is 17.4. The number of methoxy groups -OCH3 is 1. The number of para-hydroxylation sites is 2. The second-order valence-electron chi connectivity index (χ2n) is 6.55. The molecule has 0 aliphatic rings. The molecule has 3 N–H and O–H groups in total. The number of nitrogens with one attached hydrogen (secondary N) is 1. The molecule has 0 aliphatic carbocycles. The molecule has 0 fully saturated rings. The van der Waals surface area contributed by atoms with Gasteiger partial charge in [-0.25, -0.2) is 4.98 Å². The van der Waals surface area contributed by atoms with Gasteiger partial charge in [0, 0.05) is 0 Å². The van der Waals surface area contributed by atoms with Crippen LogP contribution in [0.1, 0.15) is 40.4 Å². The first-order valence-corrected chi connectivity index (χ1v) is 9.87. The van der Waals surface area contributed by atoms with Gasteiger partial charge in [-0.15, -0.1) is 11.3 Å². The number of benzene rings is 1. The highest BCUT2D eigenvalue weighted by Gasteiger charge is 2.25. The number of amides is 2. The van der Waals surface area contributed by atoms with Gasteiger partial charge in [-0.05, 0) is 38.0 Å². The highest BCUT2D eigenvalue weighted by Crippen LogP contribution is 2.30. The number of primary amides is 1. The van der Waals surface area contributed by atoms with Crippen LogP contribution in [0.3, 0.4) is 0 Å². The van der Waals surface area contributed by atoms with Gasteiger partial charge in [0.2, 0.25) is 5.91 Å². The van der Waals surface area contributed by atoms with Crippen LogP contribution >= 0.6 is 11.3 Å². The van der Waals surface area contributed by atoms with Crippen molar-refractivity contribution in [1.29, 1.82) is 0 Å². The highest BCUT2D eigenvalue weighted by molar-refractivity contribution is 7.20. The Hall–Kier alpha value is -3.20. The molecule has 0 spiro atoms. The van der Waals surface area contributed by atoms with Gasteiger partial charge in [0.25, 0.3) is 11.5 Å². The average Bonchev–Trinajstić information content (AvgIpc) is 3.01. The molecule has 1 atom stereocenters. The zero-order chi connectivity index (χ0) is 21.3.